The van der Waals surface area contributed by atoms with Crippen molar-refractivity contribution in [1.29, 1.82) is 0 Å². The summed E-state index contributed by atoms with van der Waals surface area (Å²) in [6.45, 7) is 16.1. The lowest BCUT2D eigenvalue weighted by molar-refractivity contribution is 0.843. The van der Waals surface area contributed by atoms with E-state index in [4.69, 9.17) is 0 Å². The highest BCUT2D eigenvalue weighted by molar-refractivity contribution is 6.81. The van der Waals surface area contributed by atoms with Gasteiger partial charge in [0.05, 0.1) is 16.1 Å². The molecule has 0 aromatic carbocycles. The highest BCUT2D eigenvalue weighted by Crippen LogP contribution is 2.01. The van der Waals surface area contributed by atoms with Gasteiger partial charge in [0.25, 0.3) is 0 Å². The topological polar surface area (TPSA) is 12.0 Å². The Morgan fingerprint density at radius 2 is 1.07 bits per heavy atom. The molecule has 0 aromatic rings. The molecule has 1 N–H and O–H groups in total. The van der Waals surface area contributed by atoms with E-state index in [0.717, 1.165) is 13.1 Å². The predicted molar refractivity (Wildman–Crippen MR) is 77.8 cm³/mol. The van der Waals surface area contributed by atoms with Crippen LogP contribution in [0.3, 0.4) is 0 Å². The van der Waals surface area contributed by atoms with Crippen LogP contribution in [0.4, 0.5) is 0 Å². The van der Waals surface area contributed by atoms with Crippen LogP contribution in [0.1, 0.15) is 0 Å². The van der Waals surface area contributed by atoms with Crippen molar-refractivity contribution >= 4 is 16.1 Å². The van der Waals surface area contributed by atoms with Crippen LogP contribution in [0.2, 0.25) is 39.3 Å². The minimum absolute atomic E-state index is 0.987. The third-order valence-electron chi connectivity index (χ3n) is 1.76. The number of nitrogens with one attached hydrogen (secondary N) is 1. The Morgan fingerprint density at radius 3 is 1.33 bits per heavy atom. The average Bonchev–Trinajstić information content (AvgIpc) is 1.98. The Bertz CT molecular complexity index is 195. The smallest absolute Gasteiger partial charge is 0.0683 e. The van der Waals surface area contributed by atoms with Gasteiger partial charge in [-0.25, -0.2) is 0 Å². The summed E-state index contributed by atoms with van der Waals surface area (Å²) in [5.74, 6) is 0. The second-order valence-electron chi connectivity index (χ2n) is 6.20. The third-order valence-corrected chi connectivity index (χ3v) is 4.23. The molecule has 0 aromatic heterocycles. The first-order valence-corrected chi connectivity index (χ1v) is 12.9. The minimum Gasteiger partial charge on any atom is -0.310 e. The van der Waals surface area contributed by atoms with Crippen LogP contribution in [-0.2, 0) is 0 Å². The molecule has 0 radical (unpaired) electrons. The van der Waals surface area contributed by atoms with Crippen molar-refractivity contribution in [1.82, 2.24) is 5.32 Å². The predicted octanol–water partition coefficient (Wildman–Crippen LogP) is 3.44. The summed E-state index contributed by atoms with van der Waals surface area (Å²) in [5.41, 5.74) is 4.78. The maximum Gasteiger partial charge on any atom is 0.0683 e. The van der Waals surface area contributed by atoms with E-state index in [1.54, 1.807) is 0 Å². The molecule has 0 rings (SSSR count). The van der Waals surface area contributed by atoms with E-state index in [1.807, 2.05) is 0 Å². The third kappa shape index (κ3) is 13.9. The summed E-state index contributed by atoms with van der Waals surface area (Å²) in [6, 6.07) is 0. The van der Waals surface area contributed by atoms with Gasteiger partial charge >= 0.3 is 0 Å². The van der Waals surface area contributed by atoms with Crippen LogP contribution in [0, 0.1) is 0 Å². The molecule has 0 aliphatic rings. The van der Waals surface area contributed by atoms with Crippen LogP contribution in [0.15, 0.2) is 23.6 Å². The first-order valence-electron chi connectivity index (χ1n) is 5.77. The lowest BCUT2D eigenvalue weighted by atomic mass is 10.5. The van der Waals surface area contributed by atoms with Crippen molar-refractivity contribution in [2.75, 3.05) is 13.1 Å². The average molecular weight is 242 g/mol. The summed E-state index contributed by atoms with van der Waals surface area (Å²) >= 11 is 0. The van der Waals surface area contributed by atoms with E-state index in [2.05, 4.69) is 68.1 Å². The van der Waals surface area contributed by atoms with E-state index in [-0.39, 0.29) is 0 Å². The quantitative estimate of drug-likeness (QED) is 0.555. The maximum atomic E-state index is 3.40. The van der Waals surface area contributed by atoms with Crippen molar-refractivity contribution in [3.8, 4) is 0 Å². The maximum absolute atomic E-state index is 3.40. The molecule has 0 fully saturated rings. The molecule has 0 bridgehead atoms. The van der Waals surface area contributed by atoms with Crippen LogP contribution in [0.25, 0.3) is 0 Å². The molecule has 0 unspecified atom stereocenters. The molecule has 0 aliphatic heterocycles. The largest absolute Gasteiger partial charge is 0.310 e. The number of hydrogen-bond donors (Lipinski definition) is 1. The van der Waals surface area contributed by atoms with Gasteiger partial charge in [-0.1, -0.05) is 62.8 Å². The summed E-state index contributed by atoms with van der Waals surface area (Å²) in [6.07, 6.45) is 4.54. The SMILES string of the molecule is C[Si](C)(C)C=CCNCC=C[Si](C)(C)C. The van der Waals surface area contributed by atoms with Gasteiger partial charge in [0.15, 0.2) is 0 Å². The molecular weight excluding hydrogens is 214 g/mol. The molecule has 0 saturated heterocycles. The Morgan fingerprint density at radius 1 is 0.733 bits per heavy atom. The first kappa shape index (κ1) is 14.9. The van der Waals surface area contributed by atoms with E-state index >= 15 is 0 Å². The molecule has 0 heterocycles. The molecule has 0 amide bonds. The van der Waals surface area contributed by atoms with Crippen LogP contribution >= 0.6 is 0 Å². The van der Waals surface area contributed by atoms with Gasteiger partial charge in [0, 0.05) is 13.1 Å². The zero-order valence-corrected chi connectivity index (χ0v) is 13.2. The zero-order chi connectivity index (χ0) is 11.9. The van der Waals surface area contributed by atoms with Crippen LogP contribution in [0.5, 0.6) is 0 Å². The molecule has 0 aliphatic carbocycles. The van der Waals surface area contributed by atoms with Crippen LogP contribution < -0.4 is 5.32 Å². The van der Waals surface area contributed by atoms with Gasteiger partial charge in [-0.2, -0.15) is 0 Å². The fourth-order valence-corrected chi connectivity index (χ4v) is 2.72. The Labute approximate surface area is 97.7 Å². The van der Waals surface area contributed by atoms with E-state index in [1.165, 1.54) is 0 Å². The highest BCUT2D eigenvalue weighted by atomic mass is 28.3. The second-order valence-corrected chi connectivity index (χ2v) is 16.3. The Kier molecular flexibility index (Phi) is 6.40. The minimum atomic E-state index is -0.987. The monoisotopic (exact) mass is 241 g/mol. The van der Waals surface area contributed by atoms with Gasteiger partial charge in [-0.3, -0.25) is 0 Å². The lowest BCUT2D eigenvalue weighted by Crippen LogP contribution is -2.20. The summed E-state index contributed by atoms with van der Waals surface area (Å²) in [4.78, 5) is 0. The van der Waals surface area contributed by atoms with Crippen molar-refractivity contribution in [3.63, 3.8) is 0 Å². The van der Waals surface area contributed by atoms with E-state index in [0.29, 0.717) is 0 Å². The van der Waals surface area contributed by atoms with Crippen molar-refractivity contribution in [2.24, 2.45) is 0 Å². The molecule has 0 spiro atoms. The molecule has 3 heteroatoms. The molecule has 15 heavy (non-hydrogen) atoms. The zero-order valence-electron chi connectivity index (χ0n) is 11.2. The van der Waals surface area contributed by atoms with Gasteiger partial charge < -0.3 is 5.32 Å². The normalized spacial score (nSPS) is 14.3. The van der Waals surface area contributed by atoms with Gasteiger partial charge in [-0.15, -0.1) is 0 Å². The van der Waals surface area contributed by atoms with Crippen molar-refractivity contribution in [3.05, 3.63) is 23.6 Å². The molecule has 1 nitrogen and oxygen atoms in total. The van der Waals surface area contributed by atoms with Crippen molar-refractivity contribution < 1.29 is 0 Å². The van der Waals surface area contributed by atoms with Crippen molar-refractivity contribution in [2.45, 2.75) is 39.3 Å². The van der Waals surface area contributed by atoms with E-state index < -0.39 is 16.1 Å². The van der Waals surface area contributed by atoms with Gasteiger partial charge in [0.2, 0.25) is 0 Å². The molecular formula is C12H27NSi2. The fourth-order valence-electron chi connectivity index (χ4n) is 1.07. The van der Waals surface area contributed by atoms with E-state index in [9.17, 15) is 0 Å². The summed E-state index contributed by atoms with van der Waals surface area (Å²) < 4.78 is 0. The molecule has 0 saturated carbocycles. The summed E-state index contributed by atoms with van der Waals surface area (Å²) in [5, 5.41) is 3.40. The Balaban J connectivity index is 3.57. The van der Waals surface area contributed by atoms with Gasteiger partial charge in [-0.05, 0) is 0 Å². The molecule has 88 valence electrons. The lowest BCUT2D eigenvalue weighted by Gasteiger charge is -2.09. The summed E-state index contributed by atoms with van der Waals surface area (Å²) in [7, 11) is -1.97. The highest BCUT2D eigenvalue weighted by Gasteiger charge is 2.06. The Hall–Kier alpha value is -0.126. The first-order chi connectivity index (χ1) is 6.71. The molecule has 0 atom stereocenters. The van der Waals surface area contributed by atoms with Gasteiger partial charge in [0.1, 0.15) is 0 Å². The number of hydrogen-bond acceptors (Lipinski definition) is 1. The standard InChI is InChI=1S/C12H27NSi2/c1-14(2,3)11-7-9-13-10-8-12-15(4,5)6/h7-8,11-13H,9-10H2,1-6H3. The van der Waals surface area contributed by atoms with Crippen LogP contribution in [-0.4, -0.2) is 29.2 Å². The second kappa shape index (κ2) is 6.45. The fraction of sp³-hybridized carbons (Fsp3) is 0.667. The number of rotatable bonds is 6.